The molecule has 0 bridgehead atoms. The van der Waals surface area contributed by atoms with Gasteiger partial charge in [0.05, 0.1) is 11.8 Å². The maximum Gasteiger partial charge on any atom is 0.147 e. The van der Waals surface area contributed by atoms with Gasteiger partial charge in [-0.05, 0) is 53.1 Å². The quantitative estimate of drug-likeness (QED) is 0.576. The van der Waals surface area contributed by atoms with E-state index in [1.165, 1.54) is 25.3 Å². The molecular weight excluding hydrogens is 334 g/mol. The lowest BCUT2D eigenvalue weighted by Crippen LogP contribution is -2.37. The predicted molar refractivity (Wildman–Crippen MR) is 74.1 cm³/mol. The smallest absolute Gasteiger partial charge is 0.147 e. The van der Waals surface area contributed by atoms with E-state index in [9.17, 15) is 9.50 Å². The molecule has 17 heavy (non-hydrogen) atoms. The van der Waals surface area contributed by atoms with Gasteiger partial charge in [-0.2, -0.15) is 0 Å². The van der Waals surface area contributed by atoms with Crippen LogP contribution in [0.4, 0.5) is 10.1 Å². The third-order valence-electron chi connectivity index (χ3n) is 3.19. The van der Waals surface area contributed by atoms with Crippen LogP contribution >= 0.6 is 22.6 Å². The Bertz CT molecular complexity index is 386. The predicted octanol–water partition coefficient (Wildman–Crippen LogP) is 2.19. The number of nitrogen functional groups attached to an aromatic ring is 1. The Balaban J connectivity index is 2.00. The summed E-state index contributed by atoms with van der Waals surface area (Å²) in [5, 5.41) is 13.2. The number of aliphatic hydroxyl groups is 1. The molecule has 2 rings (SSSR count). The Morgan fingerprint density at radius 2 is 2.24 bits per heavy atom. The first-order valence-corrected chi connectivity index (χ1v) is 6.81. The summed E-state index contributed by atoms with van der Waals surface area (Å²) in [5.74, 6) is -0.463. The largest absolute Gasteiger partial charge is 0.395 e. The van der Waals surface area contributed by atoms with Crippen LogP contribution in [0.1, 0.15) is 30.9 Å². The monoisotopic (exact) mass is 350 g/mol. The molecule has 0 spiro atoms. The van der Waals surface area contributed by atoms with Crippen LogP contribution in [0.15, 0.2) is 12.1 Å². The van der Waals surface area contributed by atoms with Crippen LogP contribution in [0, 0.1) is 9.39 Å². The highest BCUT2D eigenvalue weighted by atomic mass is 127. The average Bonchev–Trinajstić information content (AvgIpc) is 2.22. The minimum atomic E-state index is -0.681. The average molecular weight is 350 g/mol. The molecule has 94 valence electrons. The fraction of sp³-hybridized carbons (Fsp3) is 0.500. The zero-order valence-electron chi connectivity index (χ0n) is 9.42. The maximum atomic E-state index is 13.4. The number of hydrogen-bond acceptors (Lipinski definition) is 3. The molecule has 1 unspecified atom stereocenters. The second-order valence-corrected chi connectivity index (χ2v) is 5.61. The van der Waals surface area contributed by atoms with Crippen molar-refractivity contribution in [3.63, 3.8) is 0 Å². The molecule has 1 atom stereocenters. The summed E-state index contributed by atoms with van der Waals surface area (Å²) in [6, 6.07) is 3.55. The number of anilines is 1. The first-order chi connectivity index (χ1) is 8.08. The van der Waals surface area contributed by atoms with Crippen molar-refractivity contribution in [1.82, 2.24) is 5.32 Å². The third kappa shape index (κ3) is 3.08. The van der Waals surface area contributed by atoms with Crippen molar-refractivity contribution in [2.45, 2.75) is 31.4 Å². The minimum absolute atomic E-state index is 0.147. The van der Waals surface area contributed by atoms with E-state index in [4.69, 9.17) is 5.73 Å². The van der Waals surface area contributed by atoms with Crippen molar-refractivity contribution in [3.05, 3.63) is 27.1 Å². The van der Waals surface area contributed by atoms with Crippen molar-refractivity contribution >= 4 is 28.3 Å². The van der Waals surface area contributed by atoms with E-state index in [0.29, 0.717) is 21.7 Å². The van der Waals surface area contributed by atoms with Gasteiger partial charge in [-0.15, -0.1) is 0 Å². The molecule has 1 saturated carbocycles. The van der Waals surface area contributed by atoms with Crippen molar-refractivity contribution < 1.29 is 9.50 Å². The first kappa shape index (κ1) is 13.0. The molecule has 0 aromatic heterocycles. The SMILES string of the molecule is Nc1c(F)cc(C(O)CNC2CCC2)cc1I. The van der Waals surface area contributed by atoms with Gasteiger partial charge in [0.2, 0.25) is 0 Å². The minimum Gasteiger partial charge on any atom is -0.395 e. The van der Waals surface area contributed by atoms with Gasteiger partial charge in [-0.1, -0.05) is 6.42 Å². The van der Waals surface area contributed by atoms with Gasteiger partial charge < -0.3 is 16.2 Å². The summed E-state index contributed by atoms with van der Waals surface area (Å²) in [7, 11) is 0. The lowest BCUT2D eigenvalue weighted by Gasteiger charge is -2.27. The van der Waals surface area contributed by atoms with Gasteiger partial charge >= 0.3 is 0 Å². The van der Waals surface area contributed by atoms with Gasteiger partial charge in [0.25, 0.3) is 0 Å². The summed E-state index contributed by atoms with van der Waals surface area (Å²) < 4.78 is 14.1. The molecular formula is C12H16FIN2O. The highest BCUT2D eigenvalue weighted by molar-refractivity contribution is 14.1. The van der Waals surface area contributed by atoms with Crippen LogP contribution in [0.2, 0.25) is 0 Å². The zero-order valence-corrected chi connectivity index (χ0v) is 11.6. The van der Waals surface area contributed by atoms with Crippen molar-refractivity contribution in [2.75, 3.05) is 12.3 Å². The van der Waals surface area contributed by atoms with E-state index in [1.807, 2.05) is 22.6 Å². The first-order valence-electron chi connectivity index (χ1n) is 5.74. The Labute approximate surface area is 114 Å². The molecule has 1 fully saturated rings. The van der Waals surface area contributed by atoms with E-state index in [0.717, 1.165) is 0 Å². The normalized spacial score (nSPS) is 17.8. The van der Waals surface area contributed by atoms with Crippen LogP contribution < -0.4 is 11.1 Å². The van der Waals surface area contributed by atoms with Crippen LogP contribution in [-0.2, 0) is 0 Å². The Morgan fingerprint density at radius 1 is 1.53 bits per heavy atom. The molecule has 0 aliphatic heterocycles. The summed E-state index contributed by atoms with van der Waals surface area (Å²) >= 11 is 1.97. The number of nitrogens with one attached hydrogen (secondary N) is 1. The van der Waals surface area contributed by atoms with E-state index in [1.54, 1.807) is 6.07 Å². The standard InChI is InChI=1S/C12H16FIN2O/c13-9-4-7(5-10(14)12(9)15)11(17)6-16-8-2-1-3-8/h4-5,8,11,16-17H,1-3,6,15H2. The molecule has 0 saturated heterocycles. The van der Waals surface area contributed by atoms with E-state index < -0.39 is 11.9 Å². The molecule has 0 amide bonds. The molecule has 1 aromatic rings. The maximum absolute atomic E-state index is 13.4. The number of benzene rings is 1. The van der Waals surface area contributed by atoms with E-state index in [2.05, 4.69) is 5.32 Å². The van der Waals surface area contributed by atoms with Crippen molar-refractivity contribution in [3.8, 4) is 0 Å². The zero-order chi connectivity index (χ0) is 12.4. The fourth-order valence-electron chi connectivity index (χ4n) is 1.80. The summed E-state index contributed by atoms with van der Waals surface area (Å²) in [5.41, 5.74) is 6.25. The highest BCUT2D eigenvalue weighted by Crippen LogP contribution is 2.25. The summed E-state index contributed by atoms with van der Waals surface area (Å²) in [6.07, 6.45) is 2.90. The number of nitrogens with two attached hydrogens (primary N) is 1. The molecule has 3 nitrogen and oxygen atoms in total. The molecule has 4 N–H and O–H groups in total. The number of aliphatic hydroxyl groups excluding tert-OH is 1. The van der Waals surface area contributed by atoms with Crippen molar-refractivity contribution in [1.29, 1.82) is 0 Å². The molecule has 0 heterocycles. The topological polar surface area (TPSA) is 58.3 Å². The molecule has 1 aliphatic carbocycles. The number of rotatable bonds is 4. The van der Waals surface area contributed by atoms with Crippen molar-refractivity contribution in [2.24, 2.45) is 0 Å². The summed E-state index contributed by atoms with van der Waals surface area (Å²) in [4.78, 5) is 0. The summed E-state index contributed by atoms with van der Waals surface area (Å²) in [6.45, 7) is 0.462. The fourth-order valence-corrected chi connectivity index (χ4v) is 2.42. The Kier molecular flexibility index (Phi) is 4.22. The molecule has 1 aromatic carbocycles. The van der Waals surface area contributed by atoms with Gasteiger partial charge in [0, 0.05) is 16.2 Å². The van der Waals surface area contributed by atoms with E-state index in [-0.39, 0.29) is 5.69 Å². The van der Waals surface area contributed by atoms with Gasteiger partial charge in [0.15, 0.2) is 0 Å². The Hall–Kier alpha value is -0.400. The number of halogens is 2. The highest BCUT2D eigenvalue weighted by Gasteiger charge is 2.19. The van der Waals surface area contributed by atoms with Crippen LogP contribution in [0.3, 0.4) is 0 Å². The van der Waals surface area contributed by atoms with E-state index >= 15 is 0 Å². The lowest BCUT2D eigenvalue weighted by atomic mass is 9.93. The lowest BCUT2D eigenvalue weighted by molar-refractivity contribution is 0.161. The molecule has 5 heteroatoms. The Morgan fingerprint density at radius 3 is 2.76 bits per heavy atom. The van der Waals surface area contributed by atoms with Crippen LogP contribution in [-0.4, -0.2) is 17.7 Å². The number of hydrogen-bond donors (Lipinski definition) is 3. The second kappa shape index (κ2) is 5.49. The van der Waals surface area contributed by atoms with Gasteiger partial charge in [-0.3, -0.25) is 0 Å². The molecule has 0 radical (unpaired) electrons. The molecule has 1 aliphatic rings. The van der Waals surface area contributed by atoms with Crippen LogP contribution in [0.5, 0.6) is 0 Å². The second-order valence-electron chi connectivity index (χ2n) is 4.45. The van der Waals surface area contributed by atoms with Crippen LogP contribution in [0.25, 0.3) is 0 Å². The van der Waals surface area contributed by atoms with Gasteiger partial charge in [0.1, 0.15) is 5.82 Å². The third-order valence-corrected chi connectivity index (χ3v) is 4.08. The van der Waals surface area contributed by atoms with Gasteiger partial charge in [-0.25, -0.2) is 4.39 Å².